The Balaban J connectivity index is 1.46. The molecule has 5 rings (SSSR count). The zero-order chi connectivity index (χ0) is 26.2. The fraction of sp³-hybridized carbons (Fsp3) is 0.577. The molecule has 2 unspecified atom stereocenters. The second kappa shape index (κ2) is 10.4. The number of para-hydroxylation sites is 1. The Hall–Kier alpha value is -2.92. The van der Waals surface area contributed by atoms with Gasteiger partial charge in [0, 0.05) is 24.9 Å². The largest absolute Gasteiger partial charge is 0.481 e. The van der Waals surface area contributed by atoms with Crippen LogP contribution in [0, 0.1) is 11.8 Å². The topological polar surface area (TPSA) is 129 Å². The van der Waals surface area contributed by atoms with Crippen LogP contribution in [0.15, 0.2) is 36.9 Å². The van der Waals surface area contributed by atoms with Crippen LogP contribution in [0.5, 0.6) is 0 Å². The number of nitrogens with zero attached hydrogens (tertiary/aromatic N) is 5. The van der Waals surface area contributed by atoms with E-state index < -0.39 is 28.6 Å². The van der Waals surface area contributed by atoms with Crippen molar-refractivity contribution in [2.45, 2.75) is 61.2 Å². The molecule has 0 aliphatic carbocycles. The minimum Gasteiger partial charge on any atom is -0.481 e. The SMILES string of the molecule is C=CCN(Cn1nnc2ccccc21)C(=O)C1N(CCCCCCO)C(=O)[C@@H]2[C@H](C(=O)O)[C@@H]3CCC12S3. The predicted molar refractivity (Wildman–Crippen MR) is 138 cm³/mol. The van der Waals surface area contributed by atoms with E-state index in [9.17, 15) is 19.5 Å². The Morgan fingerprint density at radius 3 is 2.78 bits per heavy atom. The van der Waals surface area contributed by atoms with Crippen LogP contribution in [-0.2, 0) is 21.1 Å². The maximum Gasteiger partial charge on any atom is 0.308 e. The number of likely N-dealkylation sites (tertiary alicyclic amines) is 1. The summed E-state index contributed by atoms with van der Waals surface area (Å²) in [6.07, 6.45) is 6.04. The molecule has 198 valence electrons. The number of benzene rings is 1. The molecule has 1 spiro atoms. The van der Waals surface area contributed by atoms with Gasteiger partial charge in [-0.3, -0.25) is 14.4 Å². The Morgan fingerprint density at radius 1 is 1.24 bits per heavy atom. The summed E-state index contributed by atoms with van der Waals surface area (Å²) in [6, 6.07) is 6.78. The first-order valence-corrected chi connectivity index (χ1v) is 13.8. The highest BCUT2D eigenvalue weighted by Crippen LogP contribution is 2.66. The van der Waals surface area contributed by atoms with Gasteiger partial charge in [0.15, 0.2) is 0 Å². The fourth-order valence-corrected chi connectivity index (χ4v) is 8.64. The summed E-state index contributed by atoms with van der Waals surface area (Å²) in [5.41, 5.74) is 1.52. The van der Waals surface area contributed by atoms with E-state index in [1.54, 1.807) is 20.6 Å². The summed E-state index contributed by atoms with van der Waals surface area (Å²) < 4.78 is 0.929. The van der Waals surface area contributed by atoms with Gasteiger partial charge >= 0.3 is 5.97 Å². The molecule has 2 bridgehead atoms. The number of thioether (sulfide) groups is 1. The maximum absolute atomic E-state index is 14.3. The van der Waals surface area contributed by atoms with Gasteiger partial charge in [-0.15, -0.1) is 23.4 Å². The monoisotopic (exact) mass is 527 g/mol. The molecule has 1 aromatic heterocycles. The average molecular weight is 528 g/mol. The van der Waals surface area contributed by atoms with Gasteiger partial charge in [0.2, 0.25) is 11.8 Å². The van der Waals surface area contributed by atoms with Gasteiger partial charge in [0.1, 0.15) is 18.2 Å². The van der Waals surface area contributed by atoms with Crippen LogP contribution >= 0.6 is 11.8 Å². The summed E-state index contributed by atoms with van der Waals surface area (Å²) in [7, 11) is 0. The zero-order valence-corrected chi connectivity index (χ0v) is 21.6. The lowest BCUT2D eigenvalue weighted by Gasteiger charge is -2.37. The summed E-state index contributed by atoms with van der Waals surface area (Å²) >= 11 is 1.54. The number of amides is 2. The second-order valence-electron chi connectivity index (χ2n) is 10.1. The number of hydrogen-bond acceptors (Lipinski definition) is 7. The van der Waals surface area contributed by atoms with E-state index in [0.29, 0.717) is 32.2 Å². The fourth-order valence-electron chi connectivity index (χ4n) is 6.43. The van der Waals surface area contributed by atoms with Gasteiger partial charge in [-0.1, -0.05) is 36.3 Å². The Labute approximate surface area is 219 Å². The number of aromatic nitrogens is 3. The van der Waals surface area contributed by atoms with E-state index in [1.165, 1.54) is 11.8 Å². The molecular formula is C26H33N5O5S. The molecule has 3 aliphatic heterocycles. The number of aliphatic hydroxyl groups is 1. The average Bonchev–Trinajstić information content (AvgIpc) is 3.63. The molecule has 3 aliphatic rings. The van der Waals surface area contributed by atoms with Gasteiger partial charge in [0.25, 0.3) is 0 Å². The number of carbonyl (C=O) groups is 3. The molecular weight excluding hydrogens is 494 g/mol. The van der Waals surface area contributed by atoms with Crippen molar-refractivity contribution in [1.82, 2.24) is 24.8 Å². The number of fused-ring (bicyclic) bond motifs is 2. The molecule has 2 aromatic rings. The Bertz CT molecular complexity index is 1200. The van der Waals surface area contributed by atoms with Crippen LogP contribution < -0.4 is 0 Å². The third-order valence-electron chi connectivity index (χ3n) is 8.01. The third-order valence-corrected chi connectivity index (χ3v) is 9.96. The van der Waals surface area contributed by atoms with Gasteiger partial charge < -0.3 is 20.0 Å². The van der Waals surface area contributed by atoms with Gasteiger partial charge in [0.05, 0.1) is 22.1 Å². The van der Waals surface area contributed by atoms with Crippen LogP contribution in [0.4, 0.5) is 0 Å². The van der Waals surface area contributed by atoms with E-state index in [-0.39, 0.29) is 36.9 Å². The molecule has 3 saturated heterocycles. The number of hydrogen-bond donors (Lipinski definition) is 2. The number of aliphatic carboxylic acids is 1. The van der Waals surface area contributed by atoms with Crippen LogP contribution in [0.1, 0.15) is 38.5 Å². The molecule has 3 fully saturated rings. The highest BCUT2D eigenvalue weighted by Gasteiger charge is 2.73. The molecule has 11 heteroatoms. The molecule has 4 heterocycles. The Morgan fingerprint density at radius 2 is 2.03 bits per heavy atom. The summed E-state index contributed by atoms with van der Waals surface area (Å²) in [6.45, 7) is 4.77. The first kappa shape index (κ1) is 25.7. The minimum absolute atomic E-state index is 0.126. The molecule has 2 N–H and O–H groups in total. The second-order valence-corrected chi connectivity index (χ2v) is 11.7. The van der Waals surface area contributed by atoms with E-state index in [2.05, 4.69) is 16.9 Å². The molecule has 2 amide bonds. The van der Waals surface area contributed by atoms with Crippen molar-refractivity contribution in [2.75, 3.05) is 19.7 Å². The quantitative estimate of drug-likeness (QED) is 0.317. The molecule has 0 saturated carbocycles. The lowest BCUT2D eigenvalue weighted by atomic mass is 9.71. The maximum atomic E-state index is 14.3. The summed E-state index contributed by atoms with van der Waals surface area (Å²) in [5, 5.41) is 27.4. The van der Waals surface area contributed by atoms with Crippen LogP contribution in [0.25, 0.3) is 11.0 Å². The number of rotatable bonds is 12. The van der Waals surface area contributed by atoms with Crippen LogP contribution in [-0.4, -0.2) is 88.5 Å². The van der Waals surface area contributed by atoms with Crippen LogP contribution in [0.3, 0.4) is 0 Å². The lowest BCUT2D eigenvalue weighted by Crippen LogP contribution is -2.55. The molecule has 10 nitrogen and oxygen atoms in total. The van der Waals surface area contributed by atoms with E-state index in [1.807, 2.05) is 24.3 Å². The minimum atomic E-state index is -0.953. The Kier molecular flexibility index (Phi) is 7.26. The van der Waals surface area contributed by atoms with Crippen molar-refractivity contribution < 1.29 is 24.6 Å². The third kappa shape index (κ3) is 4.31. The number of unbranched alkanes of at least 4 members (excludes halogenated alkanes) is 3. The van der Waals surface area contributed by atoms with Gasteiger partial charge in [-0.05, 0) is 37.8 Å². The smallest absolute Gasteiger partial charge is 0.308 e. The lowest BCUT2D eigenvalue weighted by molar-refractivity contribution is -0.148. The van der Waals surface area contributed by atoms with Crippen molar-refractivity contribution in [2.24, 2.45) is 11.8 Å². The number of carboxylic acids is 1. The van der Waals surface area contributed by atoms with Crippen LogP contribution in [0.2, 0.25) is 0 Å². The summed E-state index contributed by atoms with van der Waals surface area (Å²) in [4.78, 5) is 43.6. The standard InChI is InChI=1S/C26H33N5O5S/c1-2-13-29(16-31-18-10-6-5-9-17(18)27-28-31)24(34)22-26-12-11-19(37-26)20(25(35)36)21(26)23(33)30(22)14-7-3-4-8-15-32/h2,5-6,9-10,19-22,32H,1,3-4,7-8,11-16H2,(H,35,36)/t19-,20+,21-,22?,26?/m0/s1. The highest BCUT2D eigenvalue weighted by atomic mass is 32.2. The molecule has 37 heavy (non-hydrogen) atoms. The normalized spacial score (nSPS) is 28.1. The van der Waals surface area contributed by atoms with Gasteiger partial charge in [-0.25, -0.2) is 4.68 Å². The number of carbonyl (C=O) groups excluding carboxylic acids is 2. The summed E-state index contributed by atoms with van der Waals surface area (Å²) in [5.74, 6) is -2.84. The highest BCUT2D eigenvalue weighted by molar-refractivity contribution is 8.02. The first-order chi connectivity index (χ1) is 17.9. The first-order valence-electron chi connectivity index (χ1n) is 12.9. The van der Waals surface area contributed by atoms with Crippen molar-refractivity contribution in [3.63, 3.8) is 0 Å². The zero-order valence-electron chi connectivity index (χ0n) is 20.7. The molecule has 0 radical (unpaired) electrons. The van der Waals surface area contributed by atoms with E-state index in [0.717, 1.165) is 23.9 Å². The van der Waals surface area contributed by atoms with Crippen molar-refractivity contribution in [3.05, 3.63) is 36.9 Å². The van der Waals surface area contributed by atoms with E-state index >= 15 is 0 Å². The van der Waals surface area contributed by atoms with Crippen molar-refractivity contribution >= 4 is 40.6 Å². The van der Waals surface area contributed by atoms with Gasteiger partial charge in [-0.2, -0.15) is 0 Å². The number of carboxylic acid groups (broad SMARTS) is 1. The van der Waals surface area contributed by atoms with Crippen molar-refractivity contribution in [1.29, 1.82) is 0 Å². The predicted octanol–water partition coefficient (Wildman–Crippen LogP) is 2.13. The van der Waals surface area contributed by atoms with Crippen molar-refractivity contribution in [3.8, 4) is 0 Å². The van der Waals surface area contributed by atoms with E-state index in [4.69, 9.17) is 5.11 Å². The number of aliphatic hydroxyl groups excluding tert-OH is 1. The molecule has 5 atom stereocenters. The molecule has 1 aromatic carbocycles.